The first kappa shape index (κ1) is 15.6. The van der Waals surface area contributed by atoms with Crippen LogP contribution in [0.15, 0.2) is 22.7 Å². The van der Waals surface area contributed by atoms with Crippen molar-refractivity contribution in [3.8, 4) is 5.75 Å². The summed E-state index contributed by atoms with van der Waals surface area (Å²) < 4.78 is 6.52. The van der Waals surface area contributed by atoms with Crippen LogP contribution in [0.25, 0.3) is 0 Å². The molecule has 1 aliphatic rings. The van der Waals surface area contributed by atoms with Crippen LogP contribution in [0.1, 0.15) is 39.0 Å². The van der Waals surface area contributed by atoms with E-state index in [4.69, 9.17) is 16.3 Å². The molecular formula is C15H19BrClNO2. The van der Waals surface area contributed by atoms with E-state index in [9.17, 15) is 4.79 Å². The maximum atomic E-state index is 12.1. The van der Waals surface area contributed by atoms with E-state index < -0.39 is 6.10 Å². The molecular weight excluding hydrogens is 342 g/mol. The molecule has 0 unspecified atom stereocenters. The van der Waals surface area contributed by atoms with Gasteiger partial charge in [-0.3, -0.25) is 4.79 Å². The Bertz CT molecular complexity index is 475. The normalized spacial score (nSPS) is 17.6. The molecule has 0 heterocycles. The maximum Gasteiger partial charge on any atom is 0.260 e. The summed E-state index contributed by atoms with van der Waals surface area (Å²) in [5, 5.41) is 3.55. The molecule has 0 radical (unpaired) electrons. The number of carbonyl (C=O) groups excluding carboxylic acids is 1. The van der Waals surface area contributed by atoms with Crippen LogP contribution in [0.4, 0.5) is 0 Å². The highest BCUT2D eigenvalue weighted by molar-refractivity contribution is 9.10. The third-order valence-electron chi connectivity index (χ3n) is 3.52. The Hall–Kier alpha value is -0.740. The van der Waals surface area contributed by atoms with Crippen LogP contribution in [-0.2, 0) is 4.79 Å². The summed E-state index contributed by atoms with van der Waals surface area (Å²) in [6.07, 6.45) is 5.25. The Kier molecular flexibility index (Phi) is 5.73. The molecule has 1 amide bonds. The van der Waals surface area contributed by atoms with Gasteiger partial charge in [-0.25, -0.2) is 0 Å². The lowest BCUT2D eigenvalue weighted by molar-refractivity contribution is -0.128. The average molecular weight is 361 g/mol. The molecule has 0 bridgehead atoms. The lowest BCUT2D eigenvalue weighted by atomic mass is 9.95. The molecule has 3 nitrogen and oxygen atoms in total. The van der Waals surface area contributed by atoms with Gasteiger partial charge >= 0.3 is 0 Å². The summed E-state index contributed by atoms with van der Waals surface area (Å²) >= 11 is 9.42. The molecule has 1 aromatic rings. The van der Waals surface area contributed by atoms with Crippen molar-refractivity contribution in [3.63, 3.8) is 0 Å². The van der Waals surface area contributed by atoms with Crippen LogP contribution >= 0.6 is 27.5 Å². The van der Waals surface area contributed by atoms with Crippen LogP contribution in [0.3, 0.4) is 0 Å². The number of nitrogens with one attached hydrogen (secondary N) is 1. The zero-order valence-corrected chi connectivity index (χ0v) is 13.8. The molecule has 0 spiro atoms. The van der Waals surface area contributed by atoms with Gasteiger partial charge in [0, 0.05) is 10.5 Å². The second kappa shape index (κ2) is 7.32. The first-order valence-electron chi connectivity index (χ1n) is 6.98. The molecule has 1 aromatic carbocycles. The van der Waals surface area contributed by atoms with Crippen molar-refractivity contribution >= 4 is 33.4 Å². The van der Waals surface area contributed by atoms with Crippen molar-refractivity contribution < 1.29 is 9.53 Å². The largest absolute Gasteiger partial charge is 0.479 e. The third kappa shape index (κ3) is 4.38. The number of carbonyl (C=O) groups is 1. The van der Waals surface area contributed by atoms with Crippen LogP contribution < -0.4 is 10.1 Å². The maximum absolute atomic E-state index is 12.1. The highest BCUT2D eigenvalue weighted by Gasteiger charge is 2.21. The van der Waals surface area contributed by atoms with Gasteiger partial charge in [0.25, 0.3) is 5.91 Å². The molecule has 110 valence electrons. The topological polar surface area (TPSA) is 38.3 Å². The SMILES string of the molecule is C[C@H](Oc1ccc(Br)cc1Cl)C(=O)NC1CCCCC1. The molecule has 1 N–H and O–H groups in total. The molecule has 1 atom stereocenters. The van der Waals surface area contributed by atoms with Crippen molar-refractivity contribution in [3.05, 3.63) is 27.7 Å². The van der Waals surface area contributed by atoms with Crippen molar-refractivity contribution in [1.82, 2.24) is 5.32 Å². The Morgan fingerprint density at radius 3 is 2.75 bits per heavy atom. The molecule has 0 aliphatic heterocycles. The lowest BCUT2D eigenvalue weighted by Crippen LogP contribution is -2.43. The fraction of sp³-hybridized carbons (Fsp3) is 0.533. The summed E-state index contributed by atoms with van der Waals surface area (Å²) in [6.45, 7) is 1.75. The molecule has 1 aliphatic carbocycles. The Balaban J connectivity index is 1.89. The molecule has 0 aromatic heterocycles. The van der Waals surface area contributed by atoms with Crippen molar-refractivity contribution in [1.29, 1.82) is 0 Å². The number of ether oxygens (including phenoxy) is 1. The zero-order valence-electron chi connectivity index (χ0n) is 11.5. The van der Waals surface area contributed by atoms with Crippen LogP contribution in [0.2, 0.25) is 5.02 Å². The number of amides is 1. The van der Waals surface area contributed by atoms with Crippen molar-refractivity contribution in [2.45, 2.75) is 51.2 Å². The van der Waals surface area contributed by atoms with Gasteiger partial charge < -0.3 is 10.1 Å². The van der Waals surface area contributed by atoms with Crippen LogP contribution in [0.5, 0.6) is 5.75 Å². The summed E-state index contributed by atoms with van der Waals surface area (Å²) in [5.74, 6) is 0.456. The Labute approximate surface area is 133 Å². The summed E-state index contributed by atoms with van der Waals surface area (Å²) in [6, 6.07) is 5.65. The van der Waals surface area contributed by atoms with E-state index in [0.29, 0.717) is 16.8 Å². The number of benzene rings is 1. The standard InChI is InChI=1S/C15H19BrClNO2/c1-10(15(19)18-12-5-3-2-4-6-12)20-14-8-7-11(16)9-13(14)17/h7-10,12H,2-6H2,1H3,(H,18,19)/t10-/m0/s1. The second-order valence-electron chi connectivity index (χ2n) is 5.18. The zero-order chi connectivity index (χ0) is 14.5. The summed E-state index contributed by atoms with van der Waals surface area (Å²) in [5.41, 5.74) is 0. The van der Waals surface area contributed by atoms with E-state index in [2.05, 4.69) is 21.2 Å². The molecule has 20 heavy (non-hydrogen) atoms. The van der Waals surface area contributed by atoms with Gasteiger partial charge in [-0.2, -0.15) is 0 Å². The van der Waals surface area contributed by atoms with Gasteiger partial charge in [0.2, 0.25) is 0 Å². The van der Waals surface area contributed by atoms with Gasteiger partial charge in [-0.15, -0.1) is 0 Å². The molecule has 5 heteroatoms. The quantitative estimate of drug-likeness (QED) is 0.868. The smallest absolute Gasteiger partial charge is 0.260 e. The van der Waals surface area contributed by atoms with E-state index in [1.807, 2.05) is 6.07 Å². The minimum Gasteiger partial charge on any atom is -0.479 e. The van der Waals surface area contributed by atoms with Crippen LogP contribution in [0, 0.1) is 0 Å². The van der Waals surface area contributed by atoms with Gasteiger partial charge in [0.15, 0.2) is 6.10 Å². The minimum absolute atomic E-state index is 0.0733. The second-order valence-corrected chi connectivity index (χ2v) is 6.50. The van der Waals surface area contributed by atoms with Crippen LogP contribution in [-0.4, -0.2) is 18.1 Å². The van der Waals surface area contributed by atoms with Gasteiger partial charge in [-0.1, -0.05) is 46.8 Å². The summed E-state index contributed by atoms with van der Waals surface area (Å²) in [4.78, 5) is 12.1. The van der Waals surface area contributed by atoms with E-state index >= 15 is 0 Å². The predicted molar refractivity (Wildman–Crippen MR) is 84.3 cm³/mol. The minimum atomic E-state index is -0.546. The third-order valence-corrected chi connectivity index (χ3v) is 4.31. The lowest BCUT2D eigenvalue weighted by Gasteiger charge is -2.24. The van der Waals surface area contributed by atoms with Gasteiger partial charge in [0.1, 0.15) is 5.75 Å². The number of hydrogen-bond acceptors (Lipinski definition) is 2. The van der Waals surface area contributed by atoms with Gasteiger partial charge in [0.05, 0.1) is 5.02 Å². The number of halogens is 2. The van der Waals surface area contributed by atoms with E-state index in [-0.39, 0.29) is 5.91 Å². The van der Waals surface area contributed by atoms with Crippen molar-refractivity contribution in [2.24, 2.45) is 0 Å². The Morgan fingerprint density at radius 1 is 1.40 bits per heavy atom. The van der Waals surface area contributed by atoms with E-state index in [0.717, 1.165) is 17.3 Å². The predicted octanol–water partition coefficient (Wildman–Crippen LogP) is 4.32. The monoisotopic (exact) mass is 359 g/mol. The highest BCUT2D eigenvalue weighted by atomic mass is 79.9. The van der Waals surface area contributed by atoms with E-state index in [1.54, 1.807) is 19.1 Å². The average Bonchev–Trinajstić information content (AvgIpc) is 2.43. The number of hydrogen-bond donors (Lipinski definition) is 1. The Morgan fingerprint density at radius 2 is 2.10 bits per heavy atom. The number of rotatable bonds is 4. The first-order chi connectivity index (χ1) is 9.56. The van der Waals surface area contributed by atoms with Gasteiger partial charge in [-0.05, 0) is 38.0 Å². The summed E-state index contributed by atoms with van der Waals surface area (Å²) in [7, 11) is 0. The molecule has 2 rings (SSSR count). The molecule has 1 saturated carbocycles. The molecule has 1 fully saturated rings. The highest BCUT2D eigenvalue weighted by Crippen LogP contribution is 2.28. The first-order valence-corrected chi connectivity index (χ1v) is 8.15. The fourth-order valence-electron chi connectivity index (χ4n) is 2.38. The van der Waals surface area contributed by atoms with Crippen molar-refractivity contribution in [2.75, 3.05) is 0 Å². The molecule has 0 saturated heterocycles. The fourth-order valence-corrected chi connectivity index (χ4v) is 3.10. The van der Waals surface area contributed by atoms with E-state index in [1.165, 1.54) is 19.3 Å².